The average Bonchev–Trinajstić information content (AvgIpc) is 3.21. The van der Waals surface area contributed by atoms with Crippen molar-refractivity contribution in [2.45, 2.75) is 32.0 Å². The third-order valence-electron chi connectivity index (χ3n) is 4.81. The molecule has 0 aliphatic heterocycles. The zero-order valence-corrected chi connectivity index (χ0v) is 20.5. The van der Waals surface area contributed by atoms with Crippen molar-refractivity contribution in [2.24, 2.45) is 0 Å². The van der Waals surface area contributed by atoms with E-state index in [0.29, 0.717) is 39.5 Å². The monoisotopic (exact) mass is 501 g/mol. The van der Waals surface area contributed by atoms with Gasteiger partial charge in [-0.3, -0.25) is 9.59 Å². The van der Waals surface area contributed by atoms with Gasteiger partial charge in [0.05, 0.1) is 24.8 Å². The molecule has 0 radical (unpaired) electrons. The van der Waals surface area contributed by atoms with Gasteiger partial charge in [-0.1, -0.05) is 29.4 Å². The number of rotatable bonds is 9. The first-order chi connectivity index (χ1) is 16.3. The van der Waals surface area contributed by atoms with Crippen LogP contribution in [0.5, 0.6) is 0 Å². The van der Waals surface area contributed by atoms with E-state index >= 15 is 0 Å². The molecule has 0 spiro atoms. The summed E-state index contributed by atoms with van der Waals surface area (Å²) < 4.78 is 6.45. The van der Waals surface area contributed by atoms with Crippen molar-refractivity contribution in [1.82, 2.24) is 14.8 Å². The molecule has 0 fully saturated rings. The predicted molar refractivity (Wildman–Crippen MR) is 131 cm³/mol. The maximum absolute atomic E-state index is 12.5. The van der Waals surface area contributed by atoms with E-state index < -0.39 is 5.97 Å². The largest absolute Gasteiger partial charge is 0.465 e. The Morgan fingerprint density at radius 2 is 1.71 bits per heavy atom. The number of amides is 2. The van der Waals surface area contributed by atoms with Gasteiger partial charge in [0.1, 0.15) is 5.82 Å². The molecule has 2 N–H and O–H groups in total. The molecule has 0 atom stereocenters. The first kappa shape index (κ1) is 25.3. The third kappa shape index (κ3) is 6.58. The summed E-state index contributed by atoms with van der Waals surface area (Å²) in [5, 5.41) is 14.9. The lowest BCUT2D eigenvalue weighted by molar-refractivity contribution is -0.116. The van der Waals surface area contributed by atoms with E-state index in [1.54, 1.807) is 41.0 Å². The number of nitrogens with one attached hydrogen (secondary N) is 2. The summed E-state index contributed by atoms with van der Waals surface area (Å²) in [5.41, 5.74) is 2.49. The maximum atomic E-state index is 12.5. The highest BCUT2D eigenvalue weighted by Crippen LogP contribution is 2.21. The summed E-state index contributed by atoms with van der Waals surface area (Å²) in [6, 6.07) is 11.7. The molecule has 11 heteroatoms. The van der Waals surface area contributed by atoms with E-state index in [0.717, 1.165) is 5.56 Å². The Hall–Kier alpha value is -3.37. The number of esters is 1. The van der Waals surface area contributed by atoms with Gasteiger partial charge in [0, 0.05) is 22.9 Å². The maximum Gasteiger partial charge on any atom is 0.337 e. The van der Waals surface area contributed by atoms with Crippen LogP contribution in [0.4, 0.5) is 11.4 Å². The molecule has 0 saturated carbocycles. The van der Waals surface area contributed by atoms with Crippen molar-refractivity contribution < 1.29 is 19.1 Å². The van der Waals surface area contributed by atoms with Crippen molar-refractivity contribution in [3.8, 4) is 0 Å². The van der Waals surface area contributed by atoms with E-state index in [1.165, 1.54) is 18.9 Å². The zero-order valence-electron chi connectivity index (χ0n) is 18.9. The summed E-state index contributed by atoms with van der Waals surface area (Å²) in [6.45, 7) is 4.35. The normalized spacial score (nSPS) is 10.6. The number of carbonyl (C=O) groups is 3. The molecule has 2 aromatic carbocycles. The lowest BCUT2D eigenvalue weighted by atomic mass is 10.2. The Labute approximate surface area is 206 Å². The Morgan fingerprint density at radius 1 is 1.03 bits per heavy atom. The van der Waals surface area contributed by atoms with Crippen LogP contribution in [0.3, 0.4) is 0 Å². The van der Waals surface area contributed by atoms with Gasteiger partial charge in [-0.2, -0.15) is 0 Å². The molecule has 9 nitrogen and oxygen atoms in total. The third-order valence-corrected chi connectivity index (χ3v) is 6.18. The molecule has 34 heavy (non-hydrogen) atoms. The fraction of sp³-hybridized carbons (Fsp3) is 0.261. The Balaban J connectivity index is 1.56. The van der Waals surface area contributed by atoms with Gasteiger partial charge < -0.3 is 19.9 Å². The van der Waals surface area contributed by atoms with E-state index in [1.807, 2.05) is 19.9 Å². The fourth-order valence-corrected chi connectivity index (χ4v) is 4.03. The number of aromatic nitrogens is 3. The second-order valence-electron chi connectivity index (χ2n) is 7.24. The van der Waals surface area contributed by atoms with Crippen molar-refractivity contribution in [3.05, 3.63) is 64.4 Å². The minimum absolute atomic E-state index is 0.0334. The van der Waals surface area contributed by atoms with Crippen LogP contribution in [0.25, 0.3) is 0 Å². The number of carbonyl (C=O) groups excluding carboxylic acids is 3. The fourth-order valence-electron chi connectivity index (χ4n) is 3.03. The molecule has 178 valence electrons. The van der Waals surface area contributed by atoms with Crippen LogP contribution >= 0.6 is 23.4 Å². The average molecular weight is 502 g/mol. The Kier molecular flexibility index (Phi) is 8.67. The van der Waals surface area contributed by atoms with Gasteiger partial charge in [0.15, 0.2) is 5.16 Å². The van der Waals surface area contributed by atoms with Gasteiger partial charge in [-0.15, -0.1) is 10.2 Å². The van der Waals surface area contributed by atoms with Crippen LogP contribution < -0.4 is 10.6 Å². The van der Waals surface area contributed by atoms with Crippen LogP contribution in [-0.4, -0.2) is 45.4 Å². The molecule has 1 aromatic heterocycles. The molecule has 0 unspecified atom stereocenters. The molecule has 1 heterocycles. The van der Waals surface area contributed by atoms with E-state index in [-0.39, 0.29) is 24.0 Å². The number of hydrogen-bond donors (Lipinski definition) is 2. The molecule has 0 aliphatic rings. The topological polar surface area (TPSA) is 115 Å². The van der Waals surface area contributed by atoms with Crippen LogP contribution in [0.2, 0.25) is 5.02 Å². The number of halogens is 1. The first-order valence-electron chi connectivity index (χ1n) is 10.4. The Morgan fingerprint density at radius 3 is 2.35 bits per heavy atom. The molecule has 0 bridgehead atoms. The lowest BCUT2D eigenvalue weighted by Gasteiger charge is -2.09. The lowest BCUT2D eigenvalue weighted by Crippen LogP contribution is -2.18. The van der Waals surface area contributed by atoms with Crippen LogP contribution in [0.15, 0.2) is 47.6 Å². The molecular formula is C23H24ClN5O4S. The summed E-state index contributed by atoms with van der Waals surface area (Å²) in [5.74, 6) is -0.326. The van der Waals surface area contributed by atoms with Crippen LogP contribution in [-0.2, 0) is 27.3 Å². The Bertz CT molecular complexity index is 1200. The quantitative estimate of drug-likeness (QED) is 0.337. The van der Waals surface area contributed by atoms with E-state index in [4.69, 9.17) is 11.6 Å². The smallest absolute Gasteiger partial charge is 0.337 e. The predicted octanol–water partition coefficient (Wildman–Crippen LogP) is 3.96. The van der Waals surface area contributed by atoms with Crippen molar-refractivity contribution in [1.29, 1.82) is 0 Å². The highest BCUT2D eigenvalue weighted by Gasteiger charge is 2.16. The van der Waals surface area contributed by atoms with Gasteiger partial charge in [0.2, 0.25) is 11.8 Å². The number of thioether (sulfide) groups is 1. The molecular weight excluding hydrogens is 478 g/mol. The second-order valence-corrected chi connectivity index (χ2v) is 8.59. The van der Waals surface area contributed by atoms with Gasteiger partial charge in [-0.25, -0.2) is 4.79 Å². The molecule has 2 amide bonds. The number of anilines is 2. The van der Waals surface area contributed by atoms with Crippen LogP contribution in [0.1, 0.15) is 28.7 Å². The van der Waals surface area contributed by atoms with E-state index in [2.05, 4.69) is 25.6 Å². The first-order valence-corrected chi connectivity index (χ1v) is 11.8. The highest BCUT2D eigenvalue weighted by atomic mass is 35.5. The number of ether oxygens (including phenoxy) is 1. The number of methoxy groups -OCH3 is 1. The molecule has 3 rings (SSSR count). The van der Waals surface area contributed by atoms with Gasteiger partial charge >= 0.3 is 5.97 Å². The van der Waals surface area contributed by atoms with Crippen molar-refractivity contribution in [2.75, 3.05) is 23.5 Å². The van der Waals surface area contributed by atoms with Gasteiger partial charge in [-0.05, 0) is 55.8 Å². The standard InChI is InChI=1S/C23H24ClN5O4S/c1-4-29-19(12-20(30)26-17-8-5-14(2)18(24)11-17)27-28-23(29)34-13-21(31)25-16-9-6-15(7-10-16)22(32)33-3/h5-11H,4,12-13H2,1-3H3,(H,25,31)(H,26,30). The second kappa shape index (κ2) is 11.7. The minimum Gasteiger partial charge on any atom is -0.465 e. The number of hydrogen-bond acceptors (Lipinski definition) is 7. The van der Waals surface area contributed by atoms with Crippen molar-refractivity contribution in [3.63, 3.8) is 0 Å². The molecule has 3 aromatic rings. The number of nitrogens with zero attached hydrogens (tertiary/aromatic N) is 3. The molecule has 0 aliphatic carbocycles. The highest BCUT2D eigenvalue weighted by molar-refractivity contribution is 7.99. The summed E-state index contributed by atoms with van der Waals surface area (Å²) in [4.78, 5) is 36.3. The van der Waals surface area contributed by atoms with Crippen molar-refractivity contribution >= 4 is 52.5 Å². The summed E-state index contributed by atoms with van der Waals surface area (Å²) in [6.07, 6.45) is 0.0334. The zero-order chi connectivity index (χ0) is 24.7. The number of benzene rings is 2. The number of aryl methyl sites for hydroxylation is 1. The van der Waals surface area contributed by atoms with E-state index in [9.17, 15) is 14.4 Å². The molecule has 0 saturated heterocycles. The van der Waals surface area contributed by atoms with Gasteiger partial charge in [0.25, 0.3) is 0 Å². The summed E-state index contributed by atoms with van der Waals surface area (Å²) >= 11 is 7.33. The van der Waals surface area contributed by atoms with Crippen LogP contribution in [0, 0.1) is 6.92 Å². The minimum atomic E-state index is -0.445. The SMILES string of the molecule is CCn1c(CC(=O)Nc2ccc(C)c(Cl)c2)nnc1SCC(=O)Nc1ccc(C(=O)OC)cc1. The summed E-state index contributed by atoms with van der Waals surface area (Å²) in [7, 11) is 1.31.